The molecule has 1 aliphatic carbocycles. The van der Waals surface area contributed by atoms with Gasteiger partial charge in [0.25, 0.3) is 0 Å². The molecule has 0 spiro atoms. The summed E-state index contributed by atoms with van der Waals surface area (Å²) < 4.78 is 30.2. The van der Waals surface area contributed by atoms with E-state index in [-0.39, 0.29) is 18.9 Å². The minimum atomic E-state index is -2.41. The second-order valence-corrected chi connectivity index (χ2v) is 4.96. The van der Waals surface area contributed by atoms with Crippen LogP contribution in [0.3, 0.4) is 0 Å². The van der Waals surface area contributed by atoms with Gasteiger partial charge in [-0.2, -0.15) is 0 Å². The number of rotatable bonds is 2. The maximum absolute atomic E-state index is 12.6. The maximum atomic E-state index is 12.6. The maximum Gasteiger partial charge on any atom is 0.249 e. The Morgan fingerprint density at radius 3 is 2.33 bits per heavy atom. The second kappa shape index (κ2) is 10.6. The first-order valence-corrected chi connectivity index (χ1v) is 7.62. The largest absolute Gasteiger partial charge is 0.497 e. The predicted molar refractivity (Wildman–Crippen MR) is 85.3 cm³/mol. The zero-order valence-corrected chi connectivity index (χ0v) is 13.9. The van der Waals surface area contributed by atoms with Crippen LogP contribution in [-0.4, -0.2) is 26.1 Å². The molecule has 0 bridgehead atoms. The van der Waals surface area contributed by atoms with Crippen LogP contribution in [0.4, 0.5) is 8.78 Å². The summed E-state index contributed by atoms with van der Waals surface area (Å²) in [6.07, 6.45) is 1.64. The Balaban J connectivity index is 0.000000342. The molecule has 2 nitrogen and oxygen atoms in total. The van der Waals surface area contributed by atoms with Crippen molar-refractivity contribution in [2.24, 2.45) is 0 Å². The molecule has 1 N–H and O–H groups in total. The van der Waals surface area contributed by atoms with Gasteiger partial charge in [-0.05, 0) is 44.5 Å². The molecular weight excluding hydrogens is 272 g/mol. The van der Waals surface area contributed by atoms with Gasteiger partial charge in [0, 0.05) is 18.9 Å². The molecule has 1 atom stereocenters. The Morgan fingerprint density at radius 1 is 1.29 bits per heavy atom. The summed E-state index contributed by atoms with van der Waals surface area (Å²) in [5.41, 5.74) is 1.23. The molecule has 0 aromatic heterocycles. The van der Waals surface area contributed by atoms with Crippen LogP contribution in [0.25, 0.3) is 0 Å². The number of benzene rings is 1. The molecule has 4 heteroatoms. The lowest BCUT2D eigenvalue weighted by Gasteiger charge is -2.28. The van der Waals surface area contributed by atoms with Crippen LogP contribution in [0.1, 0.15) is 45.1 Å². The number of alkyl halides is 2. The summed E-state index contributed by atoms with van der Waals surface area (Å²) in [5, 5.41) is 2.88. The highest BCUT2D eigenvalue weighted by molar-refractivity contribution is 5.27. The predicted octanol–water partition coefficient (Wildman–Crippen LogP) is 4.81. The van der Waals surface area contributed by atoms with Crippen LogP contribution >= 0.6 is 0 Å². The number of halogens is 2. The minimum Gasteiger partial charge on any atom is -0.497 e. The first-order valence-electron chi connectivity index (χ1n) is 7.62. The molecule has 21 heavy (non-hydrogen) atoms. The summed E-state index contributed by atoms with van der Waals surface area (Å²) in [4.78, 5) is 0. The zero-order valence-electron chi connectivity index (χ0n) is 13.9. The van der Waals surface area contributed by atoms with E-state index in [1.165, 1.54) is 5.56 Å². The van der Waals surface area contributed by atoms with Gasteiger partial charge in [-0.15, -0.1) is 0 Å². The van der Waals surface area contributed by atoms with Crippen LogP contribution in [0, 0.1) is 6.92 Å². The molecule has 1 aromatic carbocycles. The molecule has 1 aliphatic rings. The van der Waals surface area contributed by atoms with Crippen LogP contribution < -0.4 is 10.1 Å². The summed E-state index contributed by atoms with van der Waals surface area (Å²) in [5.74, 6) is -1.48. The molecule has 1 saturated carbocycles. The van der Waals surface area contributed by atoms with Crippen molar-refractivity contribution in [1.82, 2.24) is 5.32 Å². The highest BCUT2D eigenvalue weighted by Gasteiger charge is 2.35. The molecule has 0 heterocycles. The second-order valence-electron chi connectivity index (χ2n) is 4.96. The SMILES string of the molecule is CC.CNC1CCCC(F)(F)C1.COc1cccc(C)c1. The van der Waals surface area contributed by atoms with Gasteiger partial charge in [-0.25, -0.2) is 8.78 Å². The average molecular weight is 301 g/mol. The van der Waals surface area contributed by atoms with Gasteiger partial charge < -0.3 is 10.1 Å². The fraction of sp³-hybridized carbons (Fsp3) is 0.647. The average Bonchev–Trinajstić information content (AvgIpc) is 2.49. The fourth-order valence-corrected chi connectivity index (χ4v) is 2.16. The first-order chi connectivity index (χ1) is 9.96. The van der Waals surface area contributed by atoms with Crippen molar-refractivity contribution >= 4 is 0 Å². The zero-order chi connectivity index (χ0) is 16.3. The number of aryl methyl sites for hydroxylation is 1. The van der Waals surface area contributed by atoms with E-state index in [1.54, 1.807) is 14.2 Å². The molecule has 2 rings (SSSR count). The summed E-state index contributed by atoms with van der Waals surface area (Å²) in [7, 11) is 3.42. The number of methoxy groups -OCH3 is 1. The molecule has 0 radical (unpaired) electrons. The van der Waals surface area contributed by atoms with Crippen molar-refractivity contribution in [3.63, 3.8) is 0 Å². The van der Waals surface area contributed by atoms with Crippen molar-refractivity contribution in [3.8, 4) is 5.75 Å². The Bertz CT molecular complexity index is 383. The van der Waals surface area contributed by atoms with Gasteiger partial charge in [0.15, 0.2) is 0 Å². The third-order valence-corrected chi connectivity index (χ3v) is 3.27. The molecule has 122 valence electrons. The molecule has 0 amide bonds. The third-order valence-electron chi connectivity index (χ3n) is 3.27. The summed E-state index contributed by atoms with van der Waals surface area (Å²) in [6, 6.07) is 7.99. The topological polar surface area (TPSA) is 21.3 Å². The van der Waals surface area contributed by atoms with E-state index < -0.39 is 5.92 Å². The van der Waals surface area contributed by atoms with Gasteiger partial charge in [-0.3, -0.25) is 0 Å². The molecule has 1 aromatic rings. The van der Waals surface area contributed by atoms with E-state index in [9.17, 15) is 8.78 Å². The van der Waals surface area contributed by atoms with Crippen LogP contribution in [0.15, 0.2) is 24.3 Å². The van der Waals surface area contributed by atoms with Gasteiger partial charge >= 0.3 is 0 Å². The quantitative estimate of drug-likeness (QED) is 0.846. The highest BCUT2D eigenvalue weighted by atomic mass is 19.3. The first kappa shape index (κ1) is 19.8. The Morgan fingerprint density at radius 2 is 1.95 bits per heavy atom. The van der Waals surface area contributed by atoms with Gasteiger partial charge in [0.05, 0.1) is 7.11 Å². The number of hydrogen-bond donors (Lipinski definition) is 1. The Hall–Kier alpha value is -1.16. The minimum absolute atomic E-state index is 0.0174. The van der Waals surface area contributed by atoms with Crippen LogP contribution in [0.5, 0.6) is 5.75 Å². The fourth-order valence-electron chi connectivity index (χ4n) is 2.16. The molecule has 1 unspecified atom stereocenters. The Labute approximate surface area is 127 Å². The number of hydrogen-bond acceptors (Lipinski definition) is 2. The highest BCUT2D eigenvalue weighted by Crippen LogP contribution is 2.32. The van der Waals surface area contributed by atoms with E-state index in [1.807, 2.05) is 45.0 Å². The summed E-state index contributed by atoms with van der Waals surface area (Å²) >= 11 is 0. The molecule has 1 fully saturated rings. The van der Waals surface area contributed by atoms with E-state index in [0.29, 0.717) is 6.42 Å². The van der Waals surface area contributed by atoms with E-state index in [0.717, 1.165) is 12.2 Å². The molecule has 0 aliphatic heterocycles. The van der Waals surface area contributed by atoms with Crippen molar-refractivity contribution < 1.29 is 13.5 Å². The lowest BCUT2D eigenvalue weighted by atomic mass is 9.92. The van der Waals surface area contributed by atoms with Crippen molar-refractivity contribution in [2.45, 2.75) is 58.4 Å². The van der Waals surface area contributed by atoms with Crippen molar-refractivity contribution in [1.29, 1.82) is 0 Å². The number of nitrogens with one attached hydrogen (secondary N) is 1. The molecule has 0 saturated heterocycles. The number of ether oxygens (including phenoxy) is 1. The van der Waals surface area contributed by atoms with Gasteiger partial charge in [-0.1, -0.05) is 26.0 Å². The van der Waals surface area contributed by atoms with Crippen LogP contribution in [0.2, 0.25) is 0 Å². The monoisotopic (exact) mass is 301 g/mol. The lowest BCUT2D eigenvalue weighted by Crippen LogP contribution is -2.37. The van der Waals surface area contributed by atoms with Crippen molar-refractivity contribution in [2.75, 3.05) is 14.2 Å². The van der Waals surface area contributed by atoms with Gasteiger partial charge in [0.2, 0.25) is 5.92 Å². The van der Waals surface area contributed by atoms with Gasteiger partial charge in [0.1, 0.15) is 5.75 Å². The molecular formula is C17H29F2NO. The lowest BCUT2D eigenvalue weighted by molar-refractivity contribution is -0.0432. The normalized spacial score (nSPS) is 19.5. The van der Waals surface area contributed by atoms with Crippen molar-refractivity contribution in [3.05, 3.63) is 29.8 Å². The standard InChI is InChI=1S/C8H10O.C7H13F2N.C2H6/c1-7-4-3-5-8(6-7)9-2;1-10-6-3-2-4-7(8,9)5-6;1-2/h3-6H,1-2H3;6,10H,2-5H2,1H3;1-2H3. The van der Waals surface area contributed by atoms with E-state index in [2.05, 4.69) is 5.32 Å². The Kier molecular flexibility index (Phi) is 9.97. The summed E-state index contributed by atoms with van der Waals surface area (Å²) in [6.45, 7) is 6.04. The van der Waals surface area contributed by atoms with Crippen LogP contribution in [-0.2, 0) is 0 Å². The van der Waals surface area contributed by atoms with E-state index in [4.69, 9.17) is 4.74 Å². The van der Waals surface area contributed by atoms with E-state index >= 15 is 0 Å². The smallest absolute Gasteiger partial charge is 0.249 e. The third kappa shape index (κ3) is 8.66.